The first-order chi connectivity index (χ1) is 13.6. The molecule has 11 nitrogen and oxygen atoms in total. The van der Waals surface area contributed by atoms with Crippen LogP contribution in [0.1, 0.15) is 12.5 Å². The van der Waals surface area contributed by atoms with Crippen LogP contribution < -0.4 is 9.67 Å². The van der Waals surface area contributed by atoms with Gasteiger partial charge in [0.15, 0.2) is 0 Å². The van der Waals surface area contributed by atoms with Crippen LogP contribution in [-0.4, -0.2) is 47.4 Å². The molecule has 0 aliphatic heterocycles. The summed E-state index contributed by atoms with van der Waals surface area (Å²) < 4.78 is 28.3. The van der Waals surface area contributed by atoms with E-state index < -0.39 is 25.1 Å². The number of nitro benzene ring substituents is 1. The third-order valence-electron chi connectivity index (χ3n) is 3.32. The van der Waals surface area contributed by atoms with E-state index in [9.17, 15) is 23.4 Å². The Morgan fingerprint density at radius 2 is 1.83 bits per heavy atom. The fourth-order valence-electron chi connectivity index (χ4n) is 2.00. The summed E-state index contributed by atoms with van der Waals surface area (Å²) in [6, 6.07) is 11.4. The van der Waals surface area contributed by atoms with Gasteiger partial charge < -0.3 is 4.74 Å². The molecule has 1 atom stereocenters. The van der Waals surface area contributed by atoms with Gasteiger partial charge >= 0.3 is 94.4 Å². The van der Waals surface area contributed by atoms with E-state index in [4.69, 9.17) is 9.35 Å². The van der Waals surface area contributed by atoms with Gasteiger partial charge in [-0.05, 0) is 5.56 Å². The SMILES string of the molecule is CC(=O)Nc1ccc([As](=O)(O)OO)cc1.COC(=O)Cc1cccc([N+](=O)[O-])c1. The number of hydrogen-bond donors (Lipinski definition) is 3. The van der Waals surface area contributed by atoms with Crippen LogP contribution in [0.4, 0.5) is 11.4 Å². The summed E-state index contributed by atoms with van der Waals surface area (Å²) in [7, 11) is 1.28. The number of ether oxygens (including phenoxy) is 1. The van der Waals surface area contributed by atoms with E-state index in [0.717, 1.165) is 0 Å². The molecular formula is C17H19AsN2O9. The van der Waals surface area contributed by atoms with Crippen molar-refractivity contribution in [1.29, 1.82) is 0 Å². The minimum Gasteiger partial charge on any atom is -0.469 e. The Labute approximate surface area is 168 Å². The number of nitrogens with zero attached hydrogens (tertiary/aromatic N) is 1. The molecule has 2 rings (SSSR count). The molecule has 1 amide bonds. The van der Waals surface area contributed by atoms with Gasteiger partial charge in [0.25, 0.3) is 5.69 Å². The third kappa shape index (κ3) is 8.28. The molecule has 0 aliphatic rings. The third-order valence-corrected chi connectivity index (χ3v) is 5.78. The quantitative estimate of drug-likeness (QED) is 0.184. The molecule has 29 heavy (non-hydrogen) atoms. The molecule has 156 valence electrons. The molecule has 3 N–H and O–H groups in total. The molecule has 0 heterocycles. The molecule has 2 aromatic carbocycles. The number of amides is 1. The molecule has 0 radical (unpaired) electrons. The van der Waals surface area contributed by atoms with Crippen LogP contribution in [0, 0.1) is 10.1 Å². The van der Waals surface area contributed by atoms with E-state index in [-0.39, 0.29) is 22.4 Å². The number of anilines is 1. The van der Waals surface area contributed by atoms with E-state index in [1.54, 1.807) is 6.07 Å². The van der Waals surface area contributed by atoms with E-state index in [2.05, 4.69) is 13.9 Å². The number of non-ortho nitro benzene ring substituents is 1. The molecule has 0 aromatic heterocycles. The molecule has 0 bridgehead atoms. The van der Waals surface area contributed by atoms with Crippen molar-refractivity contribution in [2.75, 3.05) is 12.4 Å². The largest absolute Gasteiger partial charge is 0.469 e. The first kappa shape index (κ1) is 24.1. The summed E-state index contributed by atoms with van der Waals surface area (Å²) in [4.78, 5) is 31.4. The summed E-state index contributed by atoms with van der Waals surface area (Å²) in [5.74, 6) is -0.649. The predicted molar refractivity (Wildman–Crippen MR) is 102 cm³/mol. The van der Waals surface area contributed by atoms with Crippen LogP contribution in [0.15, 0.2) is 48.5 Å². The van der Waals surface area contributed by atoms with Gasteiger partial charge in [0.2, 0.25) is 0 Å². The maximum atomic E-state index is 11.2. The van der Waals surface area contributed by atoms with Crippen molar-refractivity contribution < 1.29 is 36.2 Å². The van der Waals surface area contributed by atoms with Crippen LogP contribution >= 0.6 is 0 Å². The Bertz CT molecular complexity index is 915. The minimum atomic E-state index is -4.76. The number of methoxy groups -OCH3 is 1. The van der Waals surface area contributed by atoms with Gasteiger partial charge in [0.1, 0.15) is 0 Å². The number of carbonyl (C=O) groups excluding carboxylic acids is 2. The zero-order chi connectivity index (χ0) is 22.0. The zero-order valence-corrected chi connectivity index (χ0v) is 17.3. The Morgan fingerprint density at radius 3 is 2.31 bits per heavy atom. The Hall–Kier alpha value is -2.98. The molecule has 2 aromatic rings. The fraction of sp³-hybridized carbons (Fsp3) is 0.176. The van der Waals surface area contributed by atoms with E-state index in [0.29, 0.717) is 11.3 Å². The molecule has 0 fully saturated rings. The number of nitrogens with one attached hydrogen (secondary N) is 1. The Balaban J connectivity index is 0.000000291. The van der Waals surface area contributed by atoms with Crippen LogP contribution in [0.5, 0.6) is 0 Å². The van der Waals surface area contributed by atoms with Crippen molar-refractivity contribution in [2.24, 2.45) is 0 Å². The fourth-order valence-corrected chi connectivity index (χ4v) is 3.30. The van der Waals surface area contributed by atoms with Crippen molar-refractivity contribution in [2.45, 2.75) is 13.3 Å². The van der Waals surface area contributed by atoms with E-state index in [1.165, 1.54) is 56.5 Å². The monoisotopic (exact) mass is 470 g/mol. The summed E-state index contributed by atoms with van der Waals surface area (Å²) in [5.41, 5.74) is 1.05. The maximum absolute atomic E-state index is 11.2. The van der Waals surface area contributed by atoms with Crippen molar-refractivity contribution in [3.8, 4) is 0 Å². The van der Waals surface area contributed by atoms with Crippen molar-refractivity contribution >= 4 is 41.8 Å². The predicted octanol–water partition coefficient (Wildman–Crippen LogP) is 1.01. The molecule has 0 spiro atoms. The molecule has 0 aliphatic carbocycles. The molecule has 0 saturated heterocycles. The van der Waals surface area contributed by atoms with Crippen LogP contribution in [-0.2, 0) is 28.4 Å². The normalized spacial score (nSPS) is 12.0. The van der Waals surface area contributed by atoms with Gasteiger partial charge in [-0.25, -0.2) is 0 Å². The Morgan fingerprint density at radius 1 is 1.21 bits per heavy atom. The van der Waals surface area contributed by atoms with Crippen molar-refractivity contribution in [3.63, 3.8) is 0 Å². The van der Waals surface area contributed by atoms with Gasteiger partial charge in [-0.3, -0.25) is 14.9 Å². The second kappa shape index (κ2) is 11.1. The number of hydrogen-bond acceptors (Lipinski definition) is 8. The number of carbonyl (C=O) groups is 2. The van der Waals surface area contributed by atoms with Gasteiger partial charge in [-0.1, -0.05) is 12.1 Å². The second-order valence-electron chi connectivity index (χ2n) is 5.51. The zero-order valence-electron chi connectivity index (χ0n) is 15.5. The van der Waals surface area contributed by atoms with Crippen LogP contribution in [0.3, 0.4) is 0 Å². The summed E-state index contributed by atoms with van der Waals surface area (Å²) in [6.07, 6.45) is 0.0537. The van der Waals surface area contributed by atoms with Gasteiger partial charge in [0, 0.05) is 12.1 Å². The van der Waals surface area contributed by atoms with Gasteiger partial charge in [-0.15, -0.1) is 0 Å². The number of benzene rings is 2. The first-order valence-electron chi connectivity index (χ1n) is 7.93. The Kier molecular flexibility index (Phi) is 9.23. The van der Waals surface area contributed by atoms with E-state index in [1.807, 2.05) is 0 Å². The summed E-state index contributed by atoms with van der Waals surface area (Å²) in [6.45, 7) is 1.35. The number of rotatable bonds is 6. The molecular weight excluding hydrogens is 451 g/mol. The summed E-state index contributed by atoms with van der Waals surface area (Å²) >= 11 is -4.76. The smallest absolute Gasteiger partial charge is 0.309 e. The first-order valence-corrected chi connectivity index (χ1v) is 11.2. The van der Waals surface area contributed by atoms with Crippen molar-refractivity contribution in [3.05, 3.63) is 64.2 Å². The molecule has 1 unspecified atom stereocenters. The van der Waals surface area contributed by atoms with Crippen LogP contribution in [0.2, 0.25) is 0 Å². The molecule has 0 saturated carbocycles. The minimum absolute atomic E-state index is 0.00438. The average Bonchev–Trinajstić information content (AvgIpc) is 2.68. The van der Waals surface area contributed by atoms with Crippen molar-refractivity contribution in [1.82, 2.24) is 0 Å². The standard InChI is InChI=1S/C9H9NO4.C8H10AsNO5/c1-14-9(11)6-7-3-2-4-8(5-7)10(12)13;1-6(11)10-8-4-2-7(3-5-8)9(12,13)15-14/h2-5H,6H2,1H3;2-5,14H,1H3,(H,10,11)(H,12,13). The molecule has 12 heteroatoms. The van der Waals surface area contributed by atoms with Gasteiger partial charge in [0.05, 0.1) is 18.5 Å². The average molecular weight is 470 g/mol. The topological polar surface area (TPSA) is 165 Å². The maximum Gasteiger partial charge on any atom is 0.309 e. The number of esters is 1. The second-order valence-corrected chi connectivity index (χ2v) is 9.12. The van der Waals surface area contributed by atoms with Gasteiger partial charge in [-0.2, -0.15) is 0 Å². The summed E-state index contributed by atoms with van der Waals surface area (Å²) in [5, 5.41) is 21.1. The number of nitro groups is 1. The van der Waals surface area contributed by atoms with E-state index >= 15 is 0 Å². The van der Waals surface area contributed by atoms with Crippen LogP contribution in [0.25, 0.3) is 0 Å².